The van der Waals surface area contributed by atoms with Crippen LogP contribution in [0.2, 0.25) is 0 Å². The molecule has 0 spiro atoms. The zero-order valence-corrected chi connectivity index (χ0v) is 7.68. The first kappa shape index (κ1) is 8.74. The molecule has 1 aliphatic rings. The second-order valence-electron chi connectivity index (χ2n) is 3.22. The summed E-state index contributed by atoms with van der Waals surface area (Å²) in [7, 11) is 0. The van der Waals surface area contributed by atoms with Crippen molar-refractivity contribution in [1.29, 1.82) is 0 Å². The van der Waals surface area contributed by atoms with Crippen LogP contribution in [0.4, 0.5) is 0 Å². The van der Waals surface area contributed by atoms with Crippen LogP contribution in [0.5, 0.6) is 0 Å². The molecule has 1 atom stereocenters. The molecule has 0 aromatic heterocycles. The molecule has 1 aromatic carbocycles. The van der Waals surface area contributed by atoms with Crippen molar-refractivity contribution in [3.8, 4) is 0 Å². The van der Waals surface area contributed by atoms with E-state index in [4.69, 9.17) is 0 Å². The maximum atomic E-state index is 10.1. The van der Waals surface area contributed by atoms with E-state index in [1.165, 1.54) is 11.6 Å². The molecule has 1 unspecified atom stereocenters. The molecule has 0 aliphatic heterocycles. The Hall–Kier alpha value is -1.85. The lowest BCUT2D eigenvalue weighted by molar-refractivity contribution is 0.569. The van der Waals surface area contributed by atoms with Crippen molar-refractivity contribution in [1.82, 2.24) is 0 Å². The highest BCUT2D eigenvalue weighted by molar-refractivity contribution is 5.58. The van der Waals surface area contributed by atoms with Crippen molar-refractivity contribution in [2.45, 2.75) is 5.92 Å². The minimum atomic E-state index is 0.302. The maximum Gasteiger partial charge on any atom is 0.125 e. The molecule has 0 heterocycles. The van der Waals surface area contributed by atoms with Gasteiger partial charge in [-0.25, -0.2) is 4.79 Å². The predicted molar refractivity (Wildman–Crippen MR) is 56.7 cm³/mol. The van der Waals surface area contributed by atoms with Gasteiger partial charge in [-0.05, 0) is 11.1 Å². The standard InChI is InChI=1S/C13H10O/c14-9-8-11-6-7-13(10-11)12-4-2-1-3-5-12/h1-8,10,13H/i8+1. The van der Waals surface area contributed by atoms with E-state index in [2.05, 4.69) is 24.3 Å². The van der Waals surface area contributed by atoms with Gasteiger partial charge in [-0.3, -0.25) is 0 Å². The van der Waals surface area contributed by atoms with Gasteiger partial charge in [0.15, 0.2) is 0 Å². The van der Waals surface area contributed by atoms with E-state index in [1.54, 1.807) is 5.94 Å². The highest BCUT2D eigenvalue weighted by Gasteiger charge is 2.09. The summed E-state index contributed by atoms with van der Waals surface area (Å²) >= 11 is 0. The first-order valence-corrected chi connectivity index (χ1v) is 4.56. The van der Waals surface area contributed by atoms with Gasteiger partial charge in [0.1, 0.15) is 5.94 Å². The number of hydrogen-bond acceptors (Lipinski definition) is 1. The Morgan fingerprint density at radius 3 is 2.71 bits per heavy atom. The lowest BCUT2D eigenvalue weighted by Gasteiger charge is -2.03. The predicted octanol–water partition coefficient (Wildman–Crippen LogP) is 2.65. The number of rotatable bonds is 2. The van der Waals surface area contributed by atoms with Crippen molar-refractivity contribution in [3.05, 3.63) is 65.8 Å². The fraction of sp³-hybridized carbons (Fsp3) is 0.0769. The Bertz CT molecular complexity index is 420. The van der Waals surface area contributed by atoms with E-state index in [9.17, 15) is 4.79 Å². The molecule has 1 aliphatic carbocycles. The lowest BCUT2D eigenvalue weighted by Crippen LogP contribution is -1.86. The van der Waals surface area contributed by atoms with Crippen LogP contribution in [0.15, 0.2) is 60.2 Å². The van der Waals surface area contributed by atoms with Crippen LogP contribution in [0, 0.1) is 0 Å². The third-order valence-electron chi connectivity index (χ3n) is 2.28. The maximum absolute atomic E-state index is 10.1. The van der Waals surface area contributed by atoms with E-state index < -0.39 is 0 Å². The summed E-state index contributed by atoms with van der Waals surface area (Å²) in [6, 6.07) is 10.2. The van der Waals surface area contributed by atoms with Gasteiger partial charge in [-0.1, -0.05) is 48.6 Å². The lowest BCUT2D eigenvalue weighted by atomic mass is 10.0. The van der Waals surface area contributed by atoms with E-state index in [1.807, 2.05) is 24.3 Å². The Balaban J connectivity index is 2.25. The number of benzene rings is 1. The summed E-state index contributed by atoms with van der Waals surface area (Å²) in [6.07, 6.45) is 7.54. The molecule has 2 rings (SSSR count). The highest BCUT2D eigenvalue weighted by atomic mass is 16.1. The van der Waals surface area contributed by atoms with E-state index in [0.29, 0.717) is 5.92 Å². The highest BCUT2D eigenvalue weighted by Crippen LogP contribution is 2.26. The number of allylic oxidation sites excluding steroid dienone is 5. The van der Waals surface area contributed by atoms with Gasteiger partial charge in [0.05, 0.1) is 0 Å². The van der Waals surface area contributed by atoms with Gasteiger partial charge >= 0.3 is 0 Å². The average Bonchev–Trinajstić information content (AvgIpc) is 2.68. The van der Waals surface area contributed by atoms with E-state index in [-0.39, 0.29) is 0 Å². The summed E-state index contributed by atoms with van der Waals surface area (Å²) in [5, 5.41) is 0. The zero-order valence-electron chi connectivity index (χ0n) is 7.68. The van der Waals surface area contributed by atoms with Gasteiger partial charge in [-0.2, -0.15) is 0 Å². The number of carbonyl (C=O) groups excluding carboxylic acids is 1. The molecule has 1 heteroatoms. The molecule has 0 saturated heterocycles. The van der Waals surface area contributed by atoms with Gasteiger partial charge in [-0.15, -0.1) is 0 Å². The number of hydrogen-bond donors (Lipinski definition) is 0. The molecule has 0 radical (unpaired) electrons. The minimum Gasteiger partial charge on any atom is -0.233 e. The van der Waals surface area contributed by atoms with E-state index in [0.717, 1.165) is 5.57 Å². The van der Waals surface area contributed by atoms with Crippen molar-refractivity contribution in [2.24, 2.45) is 0 Å². The molecule has 0 N–H and O–H groups in total. The Morgan fingerprint density at radius 1 is 1.21 bits per heavy atom. The van der Waals surface area contributed by atoms with Crippen LogP contribution in [0.3, 0.4) is 0 Å². The van der Waals surface area contributed by atoms with Crippen molar-refractivity contribution < 1.29 is 4.79 Å². The van der Waals surface area contributed by atoms with Crippen LogP contribution in [-0.2, 0) is 4.79 Å². The summed E-state index contributed by atoms with van der Waals surface area (Å²) in [5.74, 6) is 2.09. The molecular weight excluding hydrogens is 173 g/mol. The average molecular weight is 183 g/mol. The molecule has 0 amide bonds. The molecular formula is C13H10O. The molecule has 1 aromatic rings. The fourth-order valence-corrected chi connectivity index (χ4v) is 1.58. The Labute approximate surface area is 83.1 Å². The quantitative estimate of drug-likeness (QED) is 0.509. The summed E-state index contributed by atoms with van der Waals surface area (Å²) in [5.41, 5.74) is 2.19. The first-order valence-electron chi connectivity index (χ1n) is 4.56. The molecule has 14 heavy (non-hydrogen) atoms. The molecule has 0 saturated carbocycles. The Morgan fingerprint density at radius 2 is 2.00 bits per heavy atom. The van der Waals surface area contributed by atoms with Crippen molar-refractivity contribution in [3.63, 3.8) is 0 Å². The van der Waals surface area contributed by atoms with Crippen LogP contribution < -0.4 is 0 Å². The van der Waals surface area contributed by atoms with Gasteiger partial charge in [0.25, 0.3) is 0 Å². The van der Waals surface area contributed by atoms with Crippen LogP contribution in [0.25, 0.3) is 0 Å². The smallest absolute Gasteiger partial charge is 0.125 e. The van der Waals surface area contributed by atoms with Crippen LogP contribution in [-0.4, -0.2) is 5.94 Å². The second kappa shape index (κ2) is 3.91. The first-order chi connectivity index (χ1) is 6.90. The van der Waals surface area contributed by atoms with Crippen LogP contribution in [0.1, 0.15) is 11.5 Å². The third-order valence-corrected chi connectivity index (χ3v) is 2.28. The third kappa shape index (κ3) is 1.73. The van der Waals surface area contributed by atoms with Gasteiger partial charge in [0.2, 0.25) is 0 Å². The SMILES string of the molecule is O=C=[13CH]C1=CC(c2ccccc2)C=C1. The molecule has 0 fully saturated rings. The normalized spacial score (nSPS) is 18.9. The summed E-state index contributed by atoms with van der Waals surface area (Å²) in [6.45, 7) is 0. The van der Waals surface area contributed by atoms with Crippen molar-refractivity contribution in [2.75, 3.05) is 0 Å². The molecule has 1 nitrogen and oxygen atoms in total. The Kier molecular flexibility index (Phi) is 2.44. The largest absolute Gasteiger partial charge is 0.233 e. The molecule has 68 valence electrons. The van der Waals surface area contributed by atoms with Crippen molar-refractivity contribution >= 4 is 5.94 Å². The van der Waals surface area contributed by atoms with Crippen LogP contribution >= 0.6 is 0 Å². The monoisotopic (exact) mass is 183 g/mol. The molecule has 0 bridgehead atoms. The topological polar surface area (TPSA) is 17.1 Å². The van der Waals surface area contributed by atoms with Gasteiger partial charge < -0.3 is 0 Å². The zero-order chi connectivity index (χ0) is 9.80. The minimum absolute atomic E-state index is 0.302. The van der Waals surface area contributed by atoms with Gasteiger partial charge in [0, 0.05) is 12.0 Å². The van der Waals surface area contributed by atoms with E-state index >= 15 is 0 Å². The summed E-state index contributed by atoms with van der Waals surface area (Å²) < 4.78 is 0. The fourth-order valence-electron chi connectivity index (χ4n) is 1.58. The second-order valence-corrected chi connectivity index (χ2v) is 3.22. The summed E-state index contributed by atoms with van der Waals surface area (Å²) in [4.78, 5) is 10.1.